The molecule has 1 amide bonds. The molecule has 92 valence electrons. The van der Waals surface area contributed by atoms with Crippen molar-refractivity contribution in [2.75, 3.05) is 0 Å². The first-order valence-corrected chi connectivity index (χ1v) is 7.50. The van der Waals surface area contributed by atoms with E-state index >= 15 is 0 Å². The number of halogens is 2. The van der Waals surface area contributed by atoms with E-state index < -0.39 is 0 Å². The maximum Gasteiger partial charge on any atom is 0.251 e. The van der Waals surface area contributed by atoms with E-state index in [1.807, 2.05) is 25.1 Å². The van der Waals surface area contributed by atoms with Crippen molar-refractivity contribution in [2.45, 2.75) is 37.1 Å². The molecule has 2 unspecified atom stereocenters. The van der Waals surface area contributed by atoms with Crippen LogP contribution in [0.4, 0.5) is 0 Å². The quantitative estimate of drug-likeness (QED) is 0.798. The van der Waals surface area contributed by atoms with Crippen molar-refractivity contribution in [3.8, 4) is 0 Å². The predicted octanol–water partition coefficient (Wildman–Crippen LogP) is 3.80. The molecular formula is C13H15Br2NO. The number of carbonyl (C=O) groups is 1. The van der Waals surface area contributed by atoms with Gasteiger partial charge in [-0.05, 0) is 43.5 Å². The summed E-state index contributed by atoms with van der Waals surface area (Å²) in [6.07, 6.45) is 3.39. The molecule has 0 heterocycles. The molecule has 0 radical (unpaired) electrons. The molecule has 0 spiro atoms. The average Bonchev–Trinajstić information content (AvgIpc) is 2.64. The number of alkyl halides is 1. The van der Waals surface area contributed by atoms with Crippen LogP contribution in [0.25, 0.3) is 0 Å². The highest BCUT2D eigenvalue weighted by molar-refractivity contribution is 9.10. The van der Waals surface area contributed by atoms with Crippen molar-refractivity contribution < 1.29 is 4.79 Å². The van der Waals surface area contributed by atoms with Crippen LogP contribution in [0.5, 0.6) is 0 Å². The van der Waals surface area contributed by atoms with Crippen LogP contribution in [0, 0.1) is 6.92 Å². The summed E-state index contributed by atoms with van der Waals surface area (Å²) >= 11 is 7.02. The summed E-state index contributed by atoms with van der Waals surface area (Å²) in [5.74, 6) is 0.0337. The molecule has 0 aliphatic heterocycles. The topological polar surface area (TPSA) is 29.1 Å². The molecule has 17 heavy (non-hydrogen) atoms. The van der Waals surface area contributed by atoms with Gasteiger partial charge < -0.3 is 5.32 Å². The molecule has 1 saturated carbocycles. The molecular weight excluding hydrogens is 346 g/mol. The smallest absolute Gasteiger partial charge is 0.251 e. The SMILES string of the molecule is Cc1cc(Br)ccc1C(=O)NC1CCCC1Br. The number of hydrogen-bond acceptors (Lipinski definition) is 1. The van der Waals surface area contributed by atoms with Crippen molar-refractivity contribution in [2.24, 2.45) is 0 Å². The lowest BCUT2D eigenvalue weighted by Crippen LogP contribution is -2.37. The summed E-state index contributed by atoms with van der Waals surface area (Å²) in [6, 6.07) is 6.01. The summed E-state index contributed by atoms with van der Waals surface area (Å²) in [5, 5.41) is 3.10. The van der Waals surface area contributed by atoms with Gasteiger partial charge >= 0.3 is 0 Å². The minimum absolute atomic E-state index is 0.0337. The van der Waals surface area contributed by atoms with E-state index in [-0.39, 0.29) is 11.9 Å². The first-order valence-electron chi connectivity index (χ1n) is 5.79. The Bertz CT molecular complexity index is 433. The van der Waals surface area contributed by atoms with Crippen LogP contribution >= 0.6 is 31.9 Å². The Labute approximate surface area is 118 Å². The van der Waals surface area contributed by atoms with Gasteiger partial charge in [0, 0.05) is 20.9 Å². The second kappa shape index (κ2) is 5.53. The van der Waals surface area contributed by atoms with E-state index in [1.165, 1.54) is 6.42 Å². The van der Waals surface area contributed by atoms with Gasteiger partial charge in [0.15, 0.2) is 0 Å². The minimum Gasteiger partial charge on any atom is -0.348 e. The fourth-order valence-corrected chi connectivity index (χ4v) is 3.40. The largest absolute Gasteiger partial charge is 0.348 e. The number of rotatable bonds is 2. The first kappa shape index (κ1) is 13.1. The van der Waals surface area contributed by atoms with Crippen LogP contribution in [0.15, 0.2) is 22.7 Å². The summed E-state index contributed by atoms with van der Waals surface area (Å²) in [4.78, 5) is 12.5. The van der Waals surface area contributed by atoms with Crippen LogP contribution in [0.3, 0.4) is 0 Å². The van der Waals surface area contributed by atoms with E-state index in [0.29, 0.717) is 4.83 Å². The Morgan fingerprint density at radius 1 is 1.41 bits per heavy atom. The average molecular weight is 361 g/mol. The van der Waals surface area contributed by atoms with Gasteiger partial charge in [0.25, 0.3) is 5.91 Å². The number of aryl methyl sites for hydroxylation is 1. The standard InChI is InChI=1S/C13H15Br2NO/c1-8-7-9(14)5-6-10(8)13(17)16-12-4-2-3-11(12)15/h5-7,11-12H,2-4H2,1H3,(H,16,17). The first-order chi connectivity index (χ1) is 8.08. The van der Waals surface area contributed by atoms with Crippen LogP contribution in [-0.2, 0) is 0 Å². The van der Waals surface area contributed by atoms with Crippen molar-refractivity contribution in [1.82, 2.24) is 5.32 Å². The van der Waals surface area contributed by atoms with Crippen molar-refractivity contribution in [3.05, 3.63) is 33.8 Å². The number of amides is 1. The molecule has 0 aromatic heterocycles. The van der Waals surface area contributed by atoms with Gasteiger partial charge in [0.1, 0.15) is 0 Å². The molecule has 1 aromatic rings. The number of carbonyl (C=O) groups excluding carboxylic acids is 1. The molecule has 0 saturated heterocycles. The van der Waals surface area contributed by atoms with E-state index in [0.717, 1.165) is 28.4 Å². The highest BCUT2D eigenvalue weighted by Crippen LogP contribution is 2.26. The van der Waals surface area contributed by atoms with Gasteiger partial charge in [-0.3, -0.25) is 4.79 Å². The number of nitrogens with one attached hydrogen (secondary N) is 1. The molecule has 1 N–H and O–H groups in total. The maximum atomic E-state index is 12.1. The molecule has 2 nitrogen and oxygen atoms in total. The van der Waals surface area contributed by atoms with Gasteiger partial charge in [-0.25, -0.2) is 0 Å². The van der Waals surface area contributed by atoms with Crippen molar-refractivity contribution in [1.29, 1.82) is 0 Å². The van der Waals surface area contributed by atoms with Gasteiger partial charge in [0.2, 0.25) is 0 Å². The molecule has 2 rings (SSSR count). The van der Waals surface area contributed by atoms with Gasteiger partial charge in [-0.2, -0.15) is 0 Å². The maximum absolute atomic E-state index is 12.1. The van der Waals surface area contributed by atoms with E-state index in [1.54, 1.807) is 0 Å². The molecule has 4 heteroatoms. The molecule has 1 aromatic carbocycles. The molecule has 1 fully saturated rings. The third-order valence-electron chi connectivity index (χ3n) is 3.18. The second-order valence-electron chi connectivity index (χ2n) is 4.49. The molecule has 2 atom stereocenters. The lowest BCUT2D eigenvalue weighted by molar-refractivity contribution is 0.0938. The van der Waals surface area contributed by atoms with Crippen molar-refractivity contribution in [3.63, 3.8) is 0 Å². The third-order valence-corrected chi connectivity index (χ3v) is 4.77. The Balaban J connectivity index is 2.09. The zero-order valence-corrected chi connectivity index (χ0v) is 12.8. The normalized spacial score (nSPS) is 23.7. The van der Waals surface area contributed by atoms with Crippen LogP contribution < -0.4 is 5.32 Å². The molecule has 0 bridgehead atoms. The van der Waals surface area contributed by atoms with E-state index in [9.17, 15) is 4.79 Å². The Morgan fingerprint density at radius 3 is 2.76 bits per heavy atom. The van der Waals surface area contributed by atoms with E-state index in [4.69, 9.17) is 0 Å². The van der Waals surface area contributed by atoms with Crippen LogP contribution in [0.1, 0.15) is 35.2 Å². The predicted molar refractivity (Wildman–Crippen MR) is 76.7 cm³/mol. The molecule has 1 aliphatic carbocycles. The Morgan fingerprint density at radius 2 is 2.18 bits per heavy atom. The highest BCUT2D eigenvalue weighted by Gasteiger charge is 2.26. The van der Waals surface area contributed by atoms with Gasteiger partial charge in [-0.1, -0.05) is 38.3 Å². The fraction of sp³-hybridized carbons (Fsp3) is 0.462. The zero-order chi connectivity index (χ0) is 12.4. The van der Waals surface area contributed by atoms with Gasteiger partial charge in [0.05, 0.1) is 0 Å². The lowest BCUT2D eigenvalue weighted by atomic mass is 10.1. The fourth-order valence-electron chi connectivity index (χ4n) is 2.21. The van der Waals surface area contributed by atoms with E-state index in [2.05, 4.69) is 37.2 Å². The van der Waals surface area contributed by atoms with Crippen LogP contribution in [-0.4, -0.2) is 16.8 Å². The zero-order valence-electron chi connectivity index (χ0n) is 9.67. The van der Waals surface area contributed by atoms with Crippen LogP contribution in [0.2, 0.25) is 0 Å². The summed E-state index contributed by atoms with van der Waals surface area (Å²) < 4.78 is 1.01. The Kier molecular flexibility index (Phi) is 4.26. The number of hydrogen-bond donors (Lipinski definition) is 1. The number of benzene rings is 1. The summed E-state index contributed by atoms with van der Waals surface area (Å²) in [6.45, 7) is 1.96. The highest BCUT2D eigenvalue weighted by atomic mass is 79.9. The minimum atomic E-state index is 0.0337. The summed E-state index contributed by atoms with van der Waals surface area (Å²) in [7, 11) is 0. The van der Waals surface area contributed by atoms with Crippen molar-refractivity contribution >= 4 is 37.8 Å². The third kappa shape index (κ3) is 3.10. The second-order valence-corrected chi connectivity index (χ2v) is 6.58. The lowest BCUT2D eigenvalue weighted by Gasteiger charge is -2.17. The molecule has 1 aliphatic rings. The Hall–Kier alpha value is -0.350. The van der Waals surface area contributed by atoms with Gasteiger partial charge in [-0.15, -0.1) is 0 Å². The summed E-state index contributed by atoms with van der Waals surface area (Å²) in [5.41, 5.74) is 1.76. The monoisotopic (exact) mass is 359 g/mol.